The van der Waals surface area contributed by atoms with Gasteiger partial charge in [0.1, 0.15) is 0 Å². The zero-order valence-electron chi connectivity index (χ0n) is 14.3. The van der Waals surface area contributed by atoms with Gasteiger partial charge in [-0.2, -0.15) is 0 Å². The van der Waals surface area contributed by atoms with Gasteiger partial charge in [0.25, 0.3) is 0 Å². The fourth-order valence-electron chi connectivity index (χ4n) is 4.12. The lowest BCUT2D eigenvalue weighted by Gasteiger charge is -2.24. The molecule has 3 atom stereocenters. The lowest BCUT2D eigenvalue weighted by Crippen LogP contribution is -2.40. The summed E-state index contributed by atoms with van der Waals surface area (Å²) >= 11 is 7.37. The van der Waals surface area contributed by atoms with E-state index in [4.69, 9.17) is 12.2 Å². The molecule has 130 valence electrons. The number of hydrogen-bond donors (Lipinski definition) is 2. The van der Waals surface area contributed by atoms with E-state index < -0.39 is 0 Å². The minimum atomic E-state index is 0.584. The van der Waals surface area contributed by atoms with Crippen LogP contribution in [0.25, 0.3) is 0 Å². The van der Waals surface area contributed by atoms with E-state index in [1.165, 1.54) is 36.1 Å². The molecule has 0 aliphatic heterocycles. The van der Waals surface area contributed by atoms with Crippen molar-refractivity contribution in [3.05, 3.63) is 60.2 Å². The molecule has 4 heteroatoms. The van der Waals surface area contributed by atoms with Gasteiger partial charge in [-0.05, 0) is 73.1 Å². The van der Waals surface area contributed by atoms with Crippen LogP contribution in [0.4, 0.5) is 5.69 Å². The van der Waals surface area contributed by atoms with Gasteiger partial charge >= 0.3 is 0 Å². The van der Waals surface area contributed by atoms with Crippen LogP contribution in [0.3, 0.4) is 0 Å². The van der Waals surface area contributed by atoms with E-state index in [-0.39, 0.29) is 0 Å². The van der Waals surface area contributed by atoms with Crippen molar-refractivity contribution in [2.45, 2.75) is 42.4 Å². The van der Waals surface area contributed by atoms with Gasteiger partial charge in [0.15, 0.2) is 5.11 Å². The first-order valence-corrected chi connectivity index (χ1v) is 10.5. The third kappa shape index (κ3) is 4.36. The summed E-state index contributed by atoms with van der Waals surface area (Å²) in [6.07, 6.45) is 5.49. The highest BCUT2D eigenvalue weighted by Gasteiger charge is 2.39. The van der Waals surface area contributed by atoms with E-state index >= 15 is 0 Å². The summed E-state index contributed by atoms with van der Waals surface area (Å²) < 4.78 is 0. The minimum Gasteiger partial charge on any atom is -0.359 e. The summed E-state index contributed by atoms with van der Waals surface area (Å²) in [5, 5.41) is 7.65. The van der Waals surface area contributed by atoms with Gasteiger partial charge in [0, 0.05) is 22.4 Å². The third-order valence-corrected chi connectivity index (χ3v) is 6.72. The van der Waals surface area contributed by atoms with E-state index in [1.807, 2.05) is 11.8 Å². The highest BCUT2D eigenvalue weighted by Crippen LogP contribution is 2.44. The van der Waals surface area contributed by atoms with E-state index in [1.54, 1.807) is 0 Å². The molecule has 2 bridgehead atoms. The van der Waals surface area contributed by atoms with Crippen molar-refractivity contribution in [1.82, 2.24) is 5.32 Å². The molecule has 0 saturated heterocycles. The summed E-state index contributed by atoms with van der Waals surface area (Å²) in [5.41, 5.74) is 2.39. The van der Waals surface area contributed by atoms with Crippen molar-refractivity contribution in [2.24, 2.45) is 11.8 Å². The van der Waals surface area contributed by atoms with Gasteiger partial charge in [-0.1, -0.05) is 36.8 Å². The summed E-state index contributed by atoms with van der Waals surface area (Å²) in [5.74, 6) is 2.76. The Labute approximate surface area is 159 Å². The summed E-state index contributed by atoms with van der Waals surface area (Å²) in [6.45, 7) is 0. The SMILES string of the molecule is S=C(Nc1ccc(CSc2ccccc2)cc1)N[C@H]1C[C@@H]2CC[C@@H]1C2. The van der Waals surface area contributed by atoms with Gasteiger partial charge in [-0.15, -0.1) is 11.8 Å². The van der Waals surface area contributed by atoms with Gasteiger partial charge < -0.3 is 10.6 Å². The predicted molar refractivity (Wildman–Crippen MR) is 111 cm³/mol. The van der Waals surface area contributed by atoms with Gasteiger partial charge in [-0.3, -0.25) is 0 Å². The fraction of sp³-hybridized carbons (Fsp3) is 0.381. The van der Waals surface area contributed by atoms with Gasteiger partial charge in [-0.25, -0.2) is 0 Å². The van der Waals surface area contributed by atoms with Crippen LogP contribution in [0.5, 0.6) is 0 Å². The lowest BCUT2D eigenvalue weighted by atomic mass is 9.96. The number of thioether (sulfide) groups is 1. The molecule has 0 aromatic heterocycles. The molecule has 2 nitrogen and oxygen atoms in total. The third-order valence-electron chi connectivity index (χ3n) is 5.42. The molecule has 0 unspecified atom stereocenters. The molecule has 4 rings (SSSR count). The highest BCUT2D eigenvalue weighted by molar-refractivity contribution is 7.98. The molecule has 2 aliphatic carbocycles. The first kappa shape index (κ1) is 16.9. The number of nitrogens with one attached hydrogen (secondary N) is 2. The maximum absolute atomic E-state index is 5.51. The van der Waals surface area contributed by atoms with Crippen LogP contribution in [-0.2, 0) is 5.75 Å². The molecule has 2 aromatic carbocycles. The summed E-state index contributed by atoms with van der Waals surface area (Å²) in [7, 11) is 0. The van der Waals surface area contributed by atoms with E-state index in [2.05, 4.69) is 65.2 Å². The Morgan fingerprint density at radius 2 is 1.80 bits per heavy atom. The molecule has 2 fully saturated rings. The second-order valence-electron chi connectivity index (χ2n) is 7.18. The van der Waals surface area contributed by atoms with Crippen LogP contribution in [0.1, 0.15) is 31.2 Å². The molecule has 0 radical (unpaired) electrons. The van der Waals surface area contributed by atoms with Crippen molar-refractivity contribution >= 4 is 34.8 Å². The Morgan fingerprint density at radius 1 is 1.00 bits per heavy atom. The van der Waals surface area contributed by atoms with Crippen LogP contribution in [0.2, 0.25) is 0 Å². The minimum absolute atomic E-state index is 0.584. The summed E-state index contributed by atoms with van der Waals surface area (Å²) in [6, 6.07) is 19.7. The molecule has 2 aromatic rings. The molecule has 0 heterocycles. The van der Waals surface area contributed by atoms with Crippen molar-refractivity contribution in [3.8, 4) is 0 Å². The Kier molecular flexibility index (Phi) is 5.28. The van der Waals surface area contributed by atoms with Crippen LogP contribution in [0, 0.1) is 11.8 Å². The molecule has 2 N–H and O–H groups in total. The largest absolute Gasteiger partial charge is 0.359 e. The number of benzene rings is 2. The van der Waals surface area contributed by atoms with Gasteiger partial charge in [0.05, 0.1) is 0 Å². The second-order valence-corrected chi connectivity index (χ2v) is 8.64. The molecule has 0 amide bonds. The zero-order chi connectivity index (χ0) is 17.1. The second kappa shape index (κ2) is 7.79. The zero-order valence-corrected chi connectivity index (χ0v) is 15.9. The van der Waals surface area contributed by atoms with E-state index in [0.717, 1.165) is 28.4 Å². The van der Waals surface area contributed by atoms with Crippen LogP contribution < -0.4 is 10.6 Å². The van der Waals surface area contributed by atoms with E-state index in [9.17, 15) is 0 Å². The normalized spacial score (nSPS) is 24.2. The molecule has 2 saturated carbocycles. The maximum Gasteiger partial charge on any atom is 0.171 e. The van der Waals surface area contributed by atoms with Crippen LogP contribution in [0.15, 0.2) is 59.5 Å². The molecule has 2 aliphatic rings. The van der Waals surface area contributed by atoms with Crippen LogP contribution >= 0.6 is 24.0 Å². The molecular formula is C21H24N2S2. The Balaban J connectivity index is 1.26. The first-order valence-electron chi connectivity index (χ1n) is 9.10. The Hall–Kier alpha value is -1.52. The first-order chi connectivity index (χ1) is 12.3. The predicted octanol–water partition coefficient (Wildman–Crippen LogP) is 5.45. The number of rotatable bonds is 5. The fourth-order valence-corrected chi connectivity index (χ4v) is 5.27. The van der Waals surface area contributed by atoms with E-state index in [0.29, 0.717) is 6.04 Å². The Bertz CT molecular complexity index is 714. The molecule has 0 spiro atoms. The summed E-state index contributed by atoms with van der Waals surface area (Å²) in [4.78, 5) is 1.31. The highest BCUT2D eigenvalue weighted by atomic mass is 32.2. The topological polar surface area (TPSA) is 24.1 Å². The average Bonchev–Trinajstić information content (AvgIpc) is 3.25. The van der Waals surface area contributed by atoms with Crippen molar-refractivity contribution in [3.63, 3.8) is 0 Å². The number of fused-ring (bicyclic) bond motifs is 2. The smallest absolute Gasteiger partial charge is 0.171 e. The number of hydrogen-bond acceptors (Lipinski definition) is 2. The van der Waals surface area contributed by atoms with Crippen molar-refractivity contribution in [2.75, 3.05) is 5.32 Å². The lowest BCUT2D eigenvalue weighted by molar-refractivity contribution is 0.392. The number of anilines is 1. The van der Waals surface area contributed by atoms with Gasteiger partial charge in [0.2, 0.25) is 0 Å². The number of thiocarbonyl (C=S) groups is 1. The standard InChI is InChI=1S/C21H24N2S2/c24-21(23-20-13-16-6-9-17(20)12-16)22-18-10-7-15(8-11-18)14-25-19-4-2-1-3-5-19/h1-5,7-8,10-11,16-17,20H,6,9,12-14H2,(H2,22,23,24)/t16-,17-,20+/m1/s1. The maximum atomic E-state index is 5.51. The quantitative estimate of drug-likeness (QED) is 0.541. The van der Waals surface area contributed by atoms with Crippen molar-refractivity contribution in [1.29, 1.82) is 0 Å². The monoisotopic (exact) mass is 368 g/mol. The Morgan fingerprint density at radius 3 is 2.48 bits per heavy atom. The average molecular weight is 369 g/mol. The van der Waals surface area contributed by atoms with Crippen molar-refractivity contribution < 1.29 is 0 Å². The molecule has 25 heavy (non-hydrogen) atoms. The van der Waals surface area contributed by atoms with Crippen LogP contribution in [-0.4, -0.2) is 11.2 Å². The molecular weight excluding hydrogens is 344 g/mol.